The number of nitrogens with one attached hydrogen (secondary N) is 1. The third kappa shape index (κ3) is 2.99. The Bertz CT molecular complexity index is 1000. The van der Waals surface area contributed by atoms with Crippen LogP contribution in [-0.2, 0) is 4.79 Å². The van der Waals surface area contributed by atoms with Crippen LogP contribution in [0.15, 0.2) is 54.1 Å². The molecule has 0 aliphatic carbocycles. The van der Waals surface area contributed by atoms with Crippen LogP contribution in [-0.4, -0.2) is 40.5 Å². The van der Waals surface area contributed by atoms with Crippen molar-refractivity contribution in [1.82, 2.24) is 14.9 Å². The maximum Gasteiger partial charge on any atom is 0.253 e. The van der Waals surface area contributed by atoms with Crippen molar-refractivity contribution in [3.05, 3.63) is 65.5 Å². The lowest BCUT2D eigenvalue weighted by Crippen LogP contribution is -2.41. The topological polar surface area (TPSA) is 58.2 Å². The number of hydrogen-bond acceptors (Lipinski definition) is 3. The lowest BCUT2D eigenvalue weighted by Gasteiger charge is -2.33. The summed E-state index contributed by atoms with van der Waals surface area (Å²) in [5, 5.41) is 0. The van der Waals surface area contributed by atoms with Gasteiger partial charge >= 0.3 is 0 Å². The van der Waals surface area contributed by atoms with E-state index in [9.17, 15) is 4.79 Å². The quantitative estimate of drug-likeness (QED) is 0.758. The maximum atomic E-state index is 13.1. The molecule has 27 heavy (non-hydrogen) atoms. The Kier molecular flexibility index (Phi) is 3.93. The molecule has 1 amide bonds. The van der Waals surface area contributed by atoms with Gasteiger partial charge in [0.2, 0.25) is 0 Å². The summed E-state index contributed by atoms with van der Waals surface area (Å²) < 4.78 is 5.77. The summed E-state index contributed by atoms with van der Waals surface area (Å²) in [6, 6.07) is 15.9. The molecule has 2 aromatic carbocycles. The van der Waals surface area contributed by atoms with Crippen LogP contribution in [0.25, 0.3) is 17.1 Å². The molecule has 3 heterocycles. The van der Waals surface area contributed by atoms with Gasteiger partial charge in [-0.05, 0) is 37.1 Å². The molecule has 0 spiro atoms. The first-order valence-electron chi connectivity index (χ1n) is 9.44. The number of likely N-dealkylation sites (tertiary alicyclic amines) is 1. The highest BCUT2D eigenvalue weighted by Crippen LogP contribution is 2.30. The van der Waals surface area contributed by atoms with Crippen LogP contribution in [0.2, 0.25) is 0 Å². The predicted octanol–water partition coefficient (Wildman–Crippen LogP) is 3.74. The van der Waals surface area contributed by atoms with Gasteiger partial charge < -0.3 is 14.6 Å². The number of para-hydroxylation sites is 3. The molecule has 1 aromatic heterocycles. The first-order valence-corrected chi connectivity index (χ1v) is 9.44. The molecule has 5 nitrogen and oxygen atoms in total. The first kappa shape index (κ1) is 16.1. The molecule has 5 rings (SSSR count). The monoisotopic (exact) mass is 359 g/mol. The number of carbonyl (C=O) groups excluding carboxylic acids is 1. The highest BCUT2D eigenvalue weighted by atomic mass is 16.5. The van der Waals surface area contributed by atoms with Crippen molar-refractivity contribution >= 4 is 23.0 Å². The number of imidazole rings is 1. The van der Waals surface area contributed by atoms with Crippen LogP contribution in [0.3, 0.4) is 0 Å². The van der Waals surface area contributed by atoms with E-state index >= 15 is 0 Å². The number of fused-ring (bicyclic) bond motifs is 2. The lowest BCUT2D eigenvalue weighted by molar-refractivity contribution is -0.128. The number of aromatic nitrogens is 2. The minimum atomic E-state index is 0.0744. The molecule has 1 fully saturated rings. The Morgan fingerprint density at radius 2 is 2.00 bits per heavy atom. The summed E-state index contributed by atoms with van der Waals surface area (Å²) in [5.74, 6) is 2.14. The van der Waals surface area contributed by atoms with Gasteiger partial charge in [-0.3, -0.25) is 4.79 Å². The summed E-state index contributed by atoms with van der Waals surface area (Å²) in [5.41, 5.74) is 3.73. The van der Waals surface area contributed by atoms with Crippen molar-refractivity contribution in [2.75, 3.05) is 19.7 Å². The Morgan fingerprint density at radius 3 is 2.93 bits per heavy atom. The second-order valence-electron chi connectivity index (χ2n) is 7.23. The molecule has 5 heteroatoms. The highest BCUT2D eigenvalue weighted by molar-refractivity contribution is 5.99. The molecule has 0 bridgehead atoms. The van der Waals surface area contributed by atoms with Crippen molar-refractivity contribution in [3.63, 3.8) is 0 Å². The van der Waals surface area contributed by atoms with Gasteiger partial charge in [0.15, 0.2) is 0 Å². The van der Waals surface area contributed by atoms with E-state index in [4.69, 9.17) is 9.72 Å². The average molecular weight is 359 g/mol. The Balaban J connectivity index is 1.36. The van der Waals surface area contributed by atoms with Crippen LogP contribution in [0.5, 0.6) is 5.75 Å². The van der Waals surface area contributed by atoms with E-state index in [2.05, 4.69) is 4.98 Å². The summed E-state index contributed by atoms with van der Waals surface area (Å²) in [4.78, 5) is 23.2. The number of benzene rings is 2. The fourth-order valence-electron chi connectivity index (χ4n) is 3.99. The number of amides is 1. The van der Waals surface area contributed by atoms with Crippen LogP contribution < -0.4 is 4.74 Å². The van der Waals surface area contributed by atoms with E-state index in [1.54, 1.807) is 0 Å². The SMILES string of the molecule is O=C(C1=Cc2ccccc2OC1)N1CCC[C@H](c2nc3ccccc3[nH]2)C1. The molecule has 136 valence electrons. The lowest BCUT2D eigenvalue weighted by atomic mass is 9.96. The van der Waals surface area contributed by atoms with Gasteiger partial charge in [-0.2, -0.15) is 0 Å². The average Bonchev–Trinajstić information content (AvgIpc) is 3.17. The summed E-state index contributed by atoms with van der Waals surface area (Å²) in [7, 11) is 0. The zero-order valence-corrected chi connectivity index (χ0v) is 15.0. The minimum Gasteiger partial charge on any atom is -0.488 e. The van der Waals surface area contributed by atoms with Gasteiger partial charge in [0, 0.05) is 24.6 Å². The second kappa shape index (κ2) is 6.58. The summed E-state index contributed by atoms with van der Waals surface area (Å²) >= 11 is 0. The zero-order valence-electron chi connectivity index (χ0n) is 15.0. The number of ether oxygens (including phenoxy) is 1. The molecule has 3 aromatic rings. The first-order chi connectivity index (χ1) is 13.3. The summed E-state index contributed by atoms with van der Waals surface area (Å²) in [6.45, 7) is 1.81. The molecule has 0 saturated carbocycles. The van der Waals surface area contributed by atoms with Gasteiger partial charge in [-0.15, -0.1) is 0 Å². The smallest absolute Gasteiger partial charge is 0.253 e. The van der Waals surface area contributed by atoms with Crippen molar-refractivity contribution in [2.45, 2.75) is 18.8 Å². The Labute approximate surface area is 157 Å². The zero-order chi connectivity index (χ0) is 18.2. The molecular weight excluding hydrogens is 338 g/mol. The predicted molar refractivity (Wildman–Crippen MR) is 105 cm³/mol. The van der Waals surface area contributed by atoms with Gasteiger partial charge in [0.05, 0.1) is 16.6 Å². The van der Waals surface area contributed by atoms with Crippen molar-refractivity contribution in [3.8, 4) is 5.75 Å². The molecule has 1 atom stereocenters. The van der Waals surface area contributed by atoms with Crippen LogP contribution >= 0.6 is 0 Å². The molecule has 2 aliphatic heterocycles. The fourth-order valence-corrected chi connectivity index (χ4v) is 3.99. The van der Waals surface area contributed by atoms with Gasteiger partial charge in [-0.1, -0.05) is 30.3 Å². The van der Waals surface area contributed by atoms with Crippen LogP contribution in [0.4, 0.5) is 0 Å². The van der Waals surface area contributed by atoms with E-state index < -0.39 is 0 Å². The van der Waals surface area contributed by atoms with Crippen molar-refractivity contribution < 1.29 is 9.53 Å². The maximum absolute atomic E-state index is 13.1. The minimum absolute atomic E-state index is 0.0744. The highest BCUT2D eigenvalue weighted by Gasteiger charge is 2.29. The van der Waals surface area contributed by atoms with E-state index in [0.717, 1.165) is 53.1 Å². The standard InChI is InChI=1S/C22H21N3O2/c26-22(17-12-15-6-1-4-10-20(15)27-14-17)25-11-5-7-16(13-25)21-23-18-8-2-3-9-19(18)24-21/h1-4,6,8-10,12,16H,5,7,11,13-14H2,(H,23,24)/t16-/m0/s1. The van der Waals surface area contributed by atoms with Crippen LogP contribution in [0, 0.1) is 0 Å². The molecule has 1 N–H and O–H groups in total. The van der Waals surface area contributed by atoms with E-state index in [0.29, 0.717) is 13.2 Å². The second-order valence-corrected chi connectivity index (χ2v) is 7.23. The van der Waals surface area contributed by atoms with Gasteiger partial charge in [-0.25, -0.2) is 4.98 Å². The van der Waals surface area contributed by atoms with Crippen LogP contribution in [0.1, 0.15) is 30.1 Å². The number of aromatic amines is 1. The normalized spacial score (nSPS) is 19.3. The van der Waals surface area contributed by atoms with E-state index in [-0.39, 0.29) is 11.8 Å². The fraction of sp³-hybridized carbons (Fsp3) is 0.273. The number of rotatable bonds is 2. The molecule has 0 radical (unpaired) electrons. The molecule has 2 aliphatic rings. The summed E-state index contributed by atoms with van der Waals surface area (Å²) in [6.07, 6.45) is 3.99. The van der Waals surface area contributed by atoms with Gasteiger partial charge in [0.1, 0.15) is 18.2 Å². The molecular formula is C22H21N3O2. The van der Waals surface area contributed by atoms with Crippen molar-refractivity contribution in [1.29, 1.82) is 0 Å². The van der Waals surface area contributed by atoms with Gasteiger partial charge in [0.25, 0.3) is 5.91 Å². The molecule has 1 saturated heterocycles. The Morgan fingerprint density at radius 1 is 1.15 bits per heavy atom. The number of hydrogen-bond donors (Lipinski definition) is 1. The number of H-pyrrole nitrogens is 1. The third-order valence-electron chi connectivity index (χ3n) is 5.41. The van der Waals surface area contributed by atoms with Crippen molar-refractivity contribution in [2.24, 2.45) is 0 Å². The third-order valence-corrected chi connectivity index (χ3v) is 5.41. The largest absolute Gasteiger partial charge is 0.488 e. The van der Waals surface area contributed by atoms with E-state index in [1.807, 2.05) is 59.5 Å². The molecule has 0 unspecified atom stereocenters. The number of nitrogens with zero attached hydrogens (tertiary/aromatic N) is 2. The number of piperidine rings is 1. The Hall–Kier alpha value is -3.08. The van der Waals surface area contributed by atoms with E-state index in [1.165, 1.54) is 0 Å². The number of carbonyl (C=O) groups is 1.